The van der Waals surface area contributed by atoms with E-state index in [4.69, 9.17) is 5.26 Å². The Morgan fingerprint density at radius 3 is 2.80 bits per heavy atom. The molecule has 0 unspecified atom stereocenters. The van der Waals surface area contributed by atoms with Crippen LogP contribution in [0.5, 0.6) is 0 Å². The average Bonchev–Trinajstić information content (AvgIpc) is 2.21. The number of hydrogen-bond acceptors (Lipinski definition) is 3. The number of carbonyl (C=O) groups is 1. The number of benzene rings is 1. The van der Waals surface area contributed by atoms with Gasteiger partial charge in [-0.1, -0.05) is 15.9 Å². The normalized spacial score (nSPS) is 9.47. The molecule has 78 valence electrons. The number of ether oxygens (including phenoxy) is 1. The predicted octanol–water partition coefficient (Wildman–Crippen LogP) is 2.34. The Balaban J connectivity index is 3.17. The Hall–Kier alpha value is -1.34. The van der Waals surface area contributed by atoms with Crippen LogP contribution in [0.15, 0.2) is 16.6 Å². The smallest absolute Gasteiger partial charge is 0.310 e. The van der Waals surface area contributed by atoms with Crippen molar-refractivity contribution in [1.29, 1.82) is 5.26 Å². The summed E-state index contributed by atoms with van der Waals surface area (Å²) >= 11 is 3.30. The Morgan fingerprint density at radius 1 is 1.60 bits per heavy atom. The van der Waals surface area contributed by atoms with Crippen molar-refractivity contribution >= 4 is 21.9 Å². The first kappa shape index (κ1) is 11.7. The first-order valence-electron chi connectivity index (χ1n) is 4.34. The zero-order chi connectivity index (χ0) is 11.4. The van der Waals surface area contributed by atoms with E-state index in [2.05, 4.69) is 26.7 Å². The quantitative estimate of drug-likeness (QED) is 0.773. The van der Waals surface area contributed by atoms with Gasteiger partial charge in [-0.05, 0) is 30.2 Å². The average molecular weight is 268 g/mol. The van der Waals surface area contributed by atoms with Crippen molar-refractivity contribution in [3.63, 3.8) is 0 Å². The lowest BCUT2D eigenvalue weighted by molar-refractivity contribution is -0.139. The molecular formula is C11H10BrNO2. The van der Waals surface area contributed by atoms with E-state index >= 15 is 0 Å². The zero-order valence-electron chi connectivity index (χ0n) is 8.50. The number of nitriles is 1. The number of aryl methyl sites for hydroxylation is 1. The third kappa shape index (κ3) is 2.80. The molecule has 0 heterocycles. The number of rotatable bonds is 2. The maximum atomic E-state index is 11.1. The first-order valence-corrected chi connectivity index (χ1v) is 5.13. The van der Waals surface area contributed by atoms with Gasteiger partial charge in [0, 0.05) is 4.47 Å². The van der Waals surface area contributed by atoms with E-state index in [9.17, 15) is 4.79 Å². The summed E-state index contributed by atoms with van der Waals surface area (Å²) in [6.45, 7) is 1.86. The predicted molar refractivity (Wildman–Crippen MR) is 59.3 cm³/mol. The summed E-state index contributed by atoms with van der Waals surface area (Å²) in [6.07, 6.45) is 0.137. The van der Waals surface area contributed by atoms with Gasteiger partial charge >= 0.3 is 5.97 Å². The van der Waals surface area contributed by atoms with Crippen LogP contribution in [-0.4, -0.2) is 13.1 Å². The first-order chi connectivity index (χ1) is 7.08. The van der Waals surface area contributed by atoms with Crippen LogP contribution in [-0.2, 0) is 16.0 Å². The molecule has 1 aromatic rings. The molecule has 0 saturated heterocycles. The molecule has 1 aromatic carbocycles. The van der Waals surface area contributed by atoms with Crippen LogP contribution in [0, 0.1) is 18.3 Å². The highest BCUT2D eigenvalue weighted by Crippen LogP contribution is 2.21. The number of carbonyl (C=O) groups excluding carboxylic acids is 1. The minimum absolute atomic E-state index is 0.137. The van der Waals surface area contributed by atoms with Gasteiger partial charge in [-0.3, -0.25) is 4.79 Å². The number of methoxy groups -OCH3 is 1. The van der Waals surface area contributed by atoms with Crippen LogP contribution in [0.3, 0.4) is 0 Å². The fraction of sp³-hybridized carbons (Fsp3) is 0.273. The van der Waals surface area contributed by atoms with Gasteiger partial charge in [0.1, 0.15) is 0 Å². The molecule has 0 atom stereocenters. The van der Waals surface area contributed by atoms with Crippen LogP contribution in [0.1, 0.15) is 16.7 Å². The molecule has 0 fully saturated rings. The molecule has 0 bridgehead atoms. The fourth-order valence-corrected chi connectivity index (χ4v) is 1.90. The Bertz CT molecular complexity index is 435. The van der Waals surface area contributed by atoms with E-state index in [1.54, 1.807) is 6.07 Å². The molecule has 0 aromatic heterocycles. The summed E-state index contributed by atoms with van der Waals surface area (Å²) in [7, 11) is 1.34. The van der Waals surface area contributed by atoms with Crippen molar-refractivity contribution < 1.29 is 9.53 Å². The van der Waals surface area contributed by atoms with Gasteiger partial charge < -0.3 is 4.74 Å². The van der Waals surface area contributed by atoms with E-state index in [0.29, 0.717) is 5.56 Å². The molecule has 0 amide bonds. The summed E-state index contributed by atoms with van der Waals surface area (Å²) < 4.78 is 5.42. The minimum atomic E-state index is -0.336. The number of esters is 1. The molecule has 0 saturated carbocycles. The van der Waals surface area contributed by atoms with E-state index in [0.717, 1.165) is 15.6 Å². The van der Waals surface area contributed by atoms with Crippen LogP contribution in [0.2, 0.25) is 0 Å². The molecule has 4 heteroatoms. The van der Waals surface area contributed by atoms with Crippen molar-refractivity contribution in [2.24, 2.45) is 0 Å². The third-order valence-electron chi connectivity index (χ3n) is 2.11. The van der Waals surface area contributed by atoms with Crippen LogP contribution in [0.25, 0.3) is 0 Å². The van der Waals surface area contributed by atoms with Gasteiger partial charge in [-0.2, -0.15) is 5.26 Å². The SMILES string of the molecule is COC(=O)Cc1c(C)cc(Br)cc1C#N. The van der Waals surface area contributed by atoms with Crippen molar-refractivity contribution in [2.75, 3.05) is 7.11 Å². The second-order valence-electron chi connectivity index (χ2n) is 3.11. The van der Waals surface area contributed by atoms with E-state index in [1.165, 1.54) is 7.11 Å². The highest BCUT2D eigenvalue weighted by atomic mass is 79.9. The molecule has 0 aliphatic carbocycles. The van der Waals surface area contributed by atoms with E-state index in [-0.39, 0.29) is 12.4 Å². The summed E-state index contributed by atoms with van der Waals surface area (Å²) in [5.41, 5.74) is 2.14. The summed E-state index contributed by atoms with van der Waals surface area (Å²) in [5, 5.41) is 8.93. The van der Waals surface area contributed by atoms with Crippen LogP contribution < -0.4 is 0 Å². The summed E-state index contributed by atoms with van der Waals surface area (Å²) in [6, 6.07) is 5.64. The topological polar surface area (TPSA) is 50.1 Å². The van der Waals surface area contributed by atoms with Crippen molar-refractivity contribution in [2.45, 2.75) is 13.3 Å². The largest absolute Gasteiger partial charge is 0.469 e. The molecule has 1 rings (SSSR count). The highest BCUT2D eigenvalue weighted by Gasteiger charge is 2.11. The molecular weight excluding hydrogens is 258 g/mol. The molecule has 0 aliphatic rings. The summed E-state index contributed by atoms with van der Waals surface area (Å²) in [5.74, 6) is -0.336. The van der Waals surface area contributed by atoms with E-state index in [1.807, 2.05) is 13.0 Å². The van der Waals surface area contributed by atoms with Gasteiger partial charge in [-0.15, -0.1) is 0 Å². The second kappa shape index (κ2) is 4.94. The van der Waals surface area contributed by atoms with Crippen molar-refractivity contribution in [1.82, 2.24) is 0 Å². The number of nitrogens with zero attached hydrogens (tertiary/aromatic N) is 1. The monoisotopic (exact) mass is 267 g/mol. The van der Waals surface area contributed by atoms with E-state index < -0.39 is 0 Å². The standard InChI is InChI=1S/C11H10BrNO2/c1-7-3-9(12)4-8(6-13)10(7)5-11(14)15-2/h3-4H,5H2,1-2H3. The molecule has 0 spiro atoms. The molecule has 0 radical (unpaired) electrons. The maximum Gasteiger partial charge on any atom is 0.310 e. The van der Waals surface area contributed by atoms with Crippen LogP contribution >= 0.6 is 15.9 Å². The van der Waals surface area contributed by atoms with Crippen molar-refractivity contribution in [3.8, 4) is 6.07 Å². The third-order valence-corrected chi connectivity index (χ3v) is 2.56. The molecule has 15 heavy (non-hydrogen) atoms. The Morgan fingerprint density at radius 2 is 2.27 bits per heavy atom. The molecule has 0 aliphatic heterocycles. The number of hydrogen-bond donors (Lipinski definition) is 0. The fourth-order valence-electron chi connectivity index (χ4n) is 1.32. The zero-order valence-corrected chi connectivity index (χ0v) is 10.1. The van der Waals surface area contributed by atoms with Gasteiger partial charge in [0.05, 0.1) is 25.2 Å². The number of halogens is 1. The lowest BCUT2D eigenvalue weighted by atomic mass is 10.00. The highest BCUT2D eigenvalue weighted by molar-refractivity contribution is 9.10. The second-order valence-corrected chi connectivity index (χ2v) is 4.03. The van der Waals surface area contributed by atoms with Gasteiger partial charge in [0.2, 0.25) is 0 Å². The van der Waals surface area contributed by atoms with Crippen molar-refractivity contribution in [3.05, 3.63) is 33.3 Å². The minimum Gasteiger partial charge on any atom is -0.469 e. The lowest BCUT2D eigenvalue weighted by Crippen LogP contribution is -2.07. The molecule has 0 N–H and O–H groups in total. The Labute approximate surface area is 96.8 Å². The van der Waals surface area contributed by atoms with Gasteiger partial charge in [0.15, 0.2) is 0 Å². The van der Waals surface area contributed by atoms with Gasteiger partial charge in [-0.25, -0.2) is 0 Å². The van der Waals surface area contributed by atoms with Gasteiger partial charge in [0.25, 0.3) is 0 Å². The Kier molecular flexibility index (Phi) is 3.87. The van der Waals surface area contributed by atoms with Crippen LogP contribution in [0.4, 0.5) is 0 Å². The maximum absolute atomic E-state index is 11.1. The molecule has 3 nitrogen and oxygen atoms in total. The lowest BCUT2D eigenvalue weighted by Gasteiger charge is -2.07. The summed E-state index contributed by atoms with van der Waals surface area (Å²) in [4.78, 5) is 11.1.